The Morgan fingerprint density at radius 2 is 1.85 bits per heavy atom. The average Bonchev–Trinajstić information content (AvgIpc) is 3.35. The van der Waals surface area contributed by atoms with Crippen molar-refractivity contribution in [3.63, 3.8) is 0 Å². The molecule has 2 heterocycles. The number of aromatic nitrogens is 2. The Bertz CT molecular complexity index is 1180. The molecule has 0 spiro atoms. The number of carbonyl (C=O) groups excluding carboxylic acids is 2. The number of piperidine rings is 1. The molecule has 1 aromatic heterocycles. The first kappa shape index (κ1) is 23.4. The van der Waals surface area contributed by atoms with Gasteiger partial charge in [-0.15, -0.1) is 10.2 Å². The predicted octanol–water partition coefficient (Wildman–Crippen LogP) is 4.36. The number of hydrogen-bond acceptors (Lipinski definition) is 7. The molecule has 4 rings (SSSR count). The van der Waals surface area contributed by atoms with Gasteiger partial charge in [-0.1, -0.05) is 17.4 Å². The molecule has 178 valence electrons. The fourth-order valence-corrected chi connectivity index (χ4v) is 4.58. The number of carbonyl (C=O) groups is 2. The molecule has 3 amide bonds. The molecular weight excluding hydrogens is 461 g/mol. The van der Waals surface area contributed by atoms with Gasteiger partial charge in [-0.3, -0.25) is 4.79 Å². The van der Waals surface area contributed by atoms with Crippen LogP contribution in [-0.4, -0.2) is 54.3 Å². The van der Waals surface area contributed by atoms with Gasteiger partial charge in [0.05, 0.1) is 19.9 Å². The first-order valence-corrected chi connectivity index (χ1v) is 11.5. The molecule has 0 saturated carbocycles. The molecule has 0 unspecified atom stereocenters. The van der Waals surface area contributed by atoms with Crippen molar-refractivity contribution in [2.75, 3.05) is 37.9 Å². The zero-order valence-electron chi connectivity index (χ0n) is 18.7. The number of methoxy groups -OCH3 is 2. The third-order valence-electron chi connectivity index (χ3n) is 5.50. The van der Waals surface area contributed by atoms with Crippen LogP contribution in [0.4, 0.5) is 20.6 Å². The lowest BCUT2D eigenvalue weighted by Gasteiger charge is -2.31. The summed E-state index contributed by atoms with van der Waals surface area (Å²) in [5, 5.41) is 14.7. The smallest absolute Gasteiger partial charge is 0.321 e. The summed E-state index contributed by atoms with van der Waals surface area (Å²) in [5.41, 5.74) is 0.919. The molecule has 0 aliphatic carbocycles. The predicted molar refractivity (Wildman–Crippen MR) is 126 cm³/mol. The maximum absolute atomic E-state index is 13.3. The number of likely N-dealkylation sites (tertiary alicyclic amines) is 1. The number of benzene rings is 2. The van der Waals surface area contributed by atoms with E-state index in [1.807, 2.05) is 0 Å². The Kier molecular flexibility index (Phi) is 7.21. The number of hydrogen-bond donors (Lipinski definition) is 2. The molecule has 0 atom stereocenters. The van der Waals surface area contributed by atoms with Crippen LogP contribution in [0.3, 0.4) is 0 Å². The van der Waals surface area contributed by atoms with Crippen LogP contribution in [0, 0.1) is 5.82 Å². The van der Waals surface area contributed by atoms with E-state index in [9.17, 15) is 14.0 Å². The first-order valence-electron chi connectivity index (χ1n) is 10.6. The van der Waals surface area contributed by atoms with Crippen LogP contribution < -0.4 is 20.1 Å². The maximum atomic E-state index is 13.3. The van der Waals surface area contributed by atoms with E-state index in [-0.39, 0.29) is 17.0 Å². The first-order chi connectivity index (χ1) is 16.5. The van der Waals surface area contributed by atoms with Crippen LogP contribution in [-0.2, 0) is 0 Å². The van der Waals surface area contributed by atoms with Gasteiger partial charge in [-0.05, 0) is 43.2 Å². The summed E-state index contributed by atoms with van der Waals surface area (Å²) in [6, 6.07) is 10.6. The molecule has 0 bridgehead atoms. The van der Waals surface area contributed by atoms with Crippen molar-refractivity contribution in [3.8, 4) is 11.5 Å². The largest absolute Gasteiger partial charge is 0.497 e. The molecule has 34 heavy (non-hydrogen) atoms. The summed E-state index contributed by atoms with van der Waals surface area (Å²) < 4.78 is 23.8. The number of urea groups is 1. The number of rotatable bonds is 6. The Morgan fingerprint density at radius 1 is 1.06 bits per heavy atom. The lowest BCUT2D eigenvalue weighted by Crippen LogP contribution is -2.40. The van der Waals surface area contributed by atoms with E-state index in [2.05, 4.69) is 20.8 Å². The number of nitrogens with zero attached hydrogens (tertiary/aromatic N) is 3. The van der Waals surface area contributed by atoms with Crippen molar-refractivity contribution >= 4 is 34.6 Å². The number of halogens is 1. The highest BCUT2D eigenvalue weighted by molar-refractivity contribution is 7.13. The van der Waals surface area contributed by atoms with Gasteiger partial charge in [-0.2, -0.15) is 0 Å². The highest BCUT2D eigenvalue weighted by Crippen LogP contribution is 2.32. The van der Waals surface area contributed by atoms with E-state index in [0.717, 1.165) is 5.01 Å². The van der Waals surface area contributed by atoms with Gasteiger partial charge in [0, 0.05) is 30.8 Å². The van der Waals surface area contributed by atoms with E-state index < -0.39 is 11.7 Å². The molecule has 1 aliphatic heterocycles. The maximum Gasteiger partial charge on any atom is 0.321 e. The van der Waals surface area contributed by atoms with Gasteiger partial charge in [0.15, 0.2) is 0 Å². The fraction of sp³-hybridized carbons (Fsp3) is 0.304. The second-order valence-electron chi connectivity index (χ2n) is 7.67. The van der Waals surface area contributed by atoms with Crippen molar-refractivity contribution in [1.82, 2.24) is 15.1 Å². The molecule has 0 radical (unpaired) electrons. The average molecular weight is 486 g/mol. The normalized spacial score (nSPS) is 13.9. The molecule has 9 nitrogen and oxygen atoms in total. The second kappa shape index (κ2) is 10.5. The van der Waals surface area contributed by atoms with Gasteiger partial charge in [0.1, 0.15) is 22.3 Å². The molecule has 1 saturated heterocycles. The number of amides is 3. The summed E-state index contributed by atoms with van der Waals surface area (Å²) in [6.45, 7) is 1.08. The van der Waals surface area contributed by atoms with Crippen molar-refractivity contribution in [2.24, 2.45) is 0 Å². The molecule has 2 aromatic carbocycles. The van der Waals surface area contributed by atoms with E-state index in [1.54, 1.807) is 36.3 Å². The van der Waals surface area contributed by atoms with Crippen LogP contribution >= 0.6 is 11.3 Å². The highest BCUT2D eigenvalue weighted by Gasteiger charge is 2.27. The van der Waals surface area contributed by atoms with E-state index >= 15 is 0 Å². The van der Waals surface area contributed by atoms with Crippen LogP contribution in [0.5, 0.6) is 11.5 Å². The van der Waals surface area contributed by atoms with Crippen molar-refractivity contribution in [1.29, 1.82) is 0 Å². The van der Waals surface area contributed by atoms with E-state index in [0.29, 0.717) is 48.8 Å². The molecule has 11 heteroatoms. The van der Waals surface area contributed by atoms with Crippen LogP contribution in [0.25, 0.3) is 0 Å². The van der Waals surface area contributed by atoms with Crippen molar-refractivity contribution in [3.05, 3.63) is 58.3 Å². The number of anilines is 2. The number of ether oxygens (including phenoxy) is 2. The van der Waals surface area contributed by atoms with E-state index in [4.69, 9.17) is 9.47 Å². The second-order valence-corrected chi connectivity index (χ2v) is 8.68. The molecule has 1 aliphatic rings. The topological polar surface area (TPSA) is 106 Å². The highest BCUT2D eigenvalue weighted by atomic mass is 32.1. The third-order valence-corrected chi connectivity index (χ3v) is 6.58. The Balaban J connectivity index is 1.32. The standard InChI is InChI=1S/C23H24FN5O4S/c1-32-17-6-7-18(19(13-17)33-2)26-23(31)29-10-8-14(9-11-29)21-27-28-22(34-21)20(30)25-16-5-3-4-15(24)12-16/h3-7,12-14H,8-11H2,1-2H3,(H,25,30)(H,26,31). The minimum Gasteiger partial charge on any atom is -0.497 e. The lowest BCUT2D eigenvalue weighted by molar-refractivity contribution is 0.102. The van der Waals surface area contributed by atoms with Crippen molar-refractivity contribution in [2.45, 2.75) is 18.8 Å². The quantitative estimate of drug-likeness (QED) is 0.538. The summed E-state index contributed by atoms with van der Waals surface area (Å²) in [4.78, 5) is 26.9. The van der Waals surface area contributed by atoms with E-state index in [1.165, 1.54) is 36.6 Å². The summed E-state index contributed by atoms with van der Waals surface area (Å²) in [6.07, 6.45) is 1.40. The van der Waals surface area contributed by atoms with Crippen LogP contribution in [0.15, 0.2) is 42.5 Å². The summed E-state index contributed by atoms with van der Waals surface area (Å²) >= 11 is 1.22. The van der Waals surface area contributed by atoms with Crippen molar-refractivity contribution < 1.29 is 23.5 Å². The van der Waals surface area contributed by atoms with Crippen LogP contribution in [0.1, 0.15) is 33.6 Å². The third kappa shape index (κ3) is 5.42. The van der Waals surface area contributed by atoms with Gasteiger partial charge in [0.2, 0.25) is 5.01 Å². The monoisotopic (exact) mass is 485 g/mol. The van der Waals surface area contributed by atoms with Gasteiger partial charge in [-0.25, -0.2) is 9.18 Å². The SMILES string of the molecule is COc1ccc(NC(=O)N2CCC(c3nnc(C(=O)Nc4cccc(F)c4)s3)CC2)c(OC)c1. The summed E-state index contributed by atoms with van der Waals surface area (Å²) in [5.74, 6) is 0.390. The Morgan fingerprint density at radius 3 is 2.56 bits per heavy atom. The zero-order valence-corrected chi connectivity index (χ0v) is 19.5. The Hall–Kier alpha value is -3.73. The molecule has 2 N–H and O–H groups in total. The van der Waals surface area contributed by atoms with Crippen LogP contribution in [0.2, 0.25) is 0 Å². The molecular formula is C23H24FN5O4S. The number of nitrogens with one attached hydrogen (secondary N) is 2. The lowest BCUT2D eigenvalue weighted by atomic mass is 9.98. The van der Waals surface area contributed by atoms with Gasteiger partial charge in [0.25, 0.3) is 5.91 Å². The molecule has 1 fully saturated rings. The minimum atomic E-state index is -0.433. The minimum absolute atomic E-state index is 0.104. The van der Waals surface area contributed by atoms with Gasteiger partial charge < -0.3 is 25.0 Å². The summed E-state index contributed by atoms with van der Waals surface area (Å²) in [7, 11) is 3.10. The Labute approximate surface area is 199 Å². The molecule has 3 aromatic rings. The van der Waals surface area contributed by atoms with Gasteiger partial charge >= 0.3 is 6.03 Å². The fourth-order valence-electron chi connectivity index (χ4n) is 3.67. The zero-order chi connectivity index (χ0) is 24.1.